The zero-order valence-corrected chi connectivity index (χ0v) is 14.0. The molecule has 2 fully saturated rings. The molecule has 2 saturated carbocycles. The summed E-state index contributed by atoms with van der Waals surface area (Å²) in [4.78, 5) is 0. The van der Waals surface area contributed by atoms with Crippen LogP contribution in [0.1, 0.15) is 59.3 Å². The molecule has 0 aliphatic heterocycles. The van der Waals surface area contributed by atoms with Crippen LogP contribution in [0, 0.1) is 28.6 Å². The average molecular weight is 300 g/mol. The van der Waals surface area contributed by atoms with Crippen molar-refractivity contribution in [2.24, 2.45) is 28.6 Å². The minimum absolute atomic E-state index is 0.178. The van der Waals surface area contributed by atoms with Gasteiger partial charge in [-0.1, -0.05) is 31.1 Å². The first-order valence-corrected chi connectivity index (χ1v) is 8.88. The van der Waals surface area contributed by atoms with Crippen LogP contribution >= 0.6 is 0 Å². The van der Waals surface area contributed by atoms with Crippen molar-refractivity contribution in [1.29, 1.82) is 0 Å². The molecule has 2 N–H and O–H groups in total. The molecule has 2 nitrogen and oxygen atoms in total. The molecule has 4 rings (SSSR count). The van der Waals surface area contributed by atoms with Gasteiger partial charge in [-0.3, -0.25) is 0 Å². The van der Waals surface area contributed by atoms with Gasteiger partial charge in [0.15, 0.2) is 0 Å². The number of aliphatic hydroxyl groups is 2. The molecule has 5 atom stereocenters. The minimum atomic E-state index is -0.379. The van der Waals surface area contributed by atoms with Crippen molar-refractivity contribution >= 4 is 0 Å². The van der Waals surface area contributed by atoms with Crippen molar-refractivity contribution in [2.75, 3.05) is 0 Å². The second-order valence-electron chi connectivity index (χ2n) is 8.57. The van der Waals surface area contributed by atoms with Crippen LogP contribution in [0.25, 0.3) is 0 Å². The summed E-state index contributed by atoms with van der Waals surface area (Å²) >= 11 is 0. The number of rotatable bonds is 0. The third-order valence-corrected chi connectivity index (χ3v) is 7.58. The zero-order valence-electron chi connectivity index (χ0n) is 14.0. The Labute approximate surface area is 133 Å². The van der Waals surface area contributed by atoms with E-state index in [-0.39, 0.29) is 16.9 Å². The maximum Gasteiger partial charge on any atom is 0.140 e. The van der Waals surface area contributed by atoms with Gasteiger partial charge in [0, 0.05) is 6.42 Å². The Morgan fingerprint density at radius 3 is 2.64 bits per heavy atom. The van der Waals surface area contributed by atoms with Crippen LogP contribution in [0.5, 0.6) is 0 Å². The van der Waals surface area contributed by atoms with Crippen LogP contribution in [0.2, 0.25) is 0 Å². The van der Waals surface area contributed by atoms with E-state index in [1.54, 1.807) is 0 Å². The van der Waals surface area contributed by atoms with Gasteiger partial charge in [0.05, 0.1) is 5.41 Å². The molecule has 0 unspecified atom stereocenters. The predicted molar refractivity (Wildman–Crippen MR) is 88.5 cm³/mol. The predicted octanol–water partition coefficient (Wildman–Crippen LogP) is 5.44. The van der Waals surface area contributed by atoms with Gasteiger partial charge in [0.2, 0.25) is 0 Å². The van der Waals surface area contributed by atoms with Gasteiger partial charge >= 0.3 is 0 Å². The fraction of sp³-hybridized carbons (Fsp3) is 0.700. The van der Waals surface area contributed by atoms with E-state index in [1.807, 2.05) is 0 Å². The third kappa shape index (κ3) is 1.62. The lowest BCUT2D eigenvalue weighted by Crippen LogP contribution is -2.49. The minimum Gasteiger partial charge on any atom is -0.508 e. The Morgan fingerprint density at radius 1 is 1.09 bits per heavy atom. The lowest BCUT2D eigenvalue weighted by Gasteiger charge is -2.56. The van der Waals surface area contributed by atoms with Crippen LogP contribution in [-0.4, -0.2) is 10.2 Å². The van der Waals surface area contributed by atoms with Gasteiger partial charge in [0.1, 0.15) is 11.5 Å². The fourth-order valence-electron chi connectivity index (χ4n) is 6.30. The maximum absolute atomic E-state index is 10.7. The summed E-state index contributed by atoms with van der Waals surface area (Å²) in [5.41, 5.74) is 2.84. The normalized spacial score (nSPS) is 47.3. The molecule has 22 heavy (non-hydrogen) atoms. The molecule has 2 heteroatoms. The molecule has 0 spiro atoms. The van der Waals surface area contributed by atoms with E-state index in [4.69, 9.17) is 0 Å². The second kappa shape index (κ2) is 4.43. The van der Waals surface area contributed by atoms with Crippen LogP contribution in [0.15, 0.2) is 34.8 Å². The highest BCUT2D eigenvalue weighted by atomic mass is 16.3. The molecule has 0 bridgehead atoms. The van der Waals surface area contributed by atoms with E-state index >= 15 is 0 Å². The molecular formula is C20H28O2. The highest BCUT2D eigenvalue weighted by Gasteiger charge is 2.58. The summed E-state index contributed by atoms with van der Waals surface area (Å²) in [6, 6.07) is 0. The standard InChI is InChI=1S/C20H28O2/c1-12-11-13-6-7-16(21)18(22)20(13,3)15-8-10-19(2)9-4-5-14(19)17(12)15/h6,11,14-15,17,21-22H,4-5,7-10H2,1-3H3/t14-,15-,17-,19-,20-/m0/s1. The van der Waals surface area contributed by atoms with Crippen molar-refractivity contribution in [1.82, 2.24) is 0 Å². The topological polar surface area (TPSA) is 40.5 Å². The van der Waals surface area contributed by atoms with E-state index in [0.29, 0.717) is 23.7 Å². The number of hydrogen-bond donors (Lipinski definition) is 2. The molecule has 0 amide bonds. The highest BCUT2D eigenvalue weighted by Crippen LogP contribution is 2.65. The summed E-state index contributed by atoms with van der Waals surface area (Å²) < 4.78 is 0. The van der Waals surface area contributed by atoms with Crippen LogP contribution in [0.4, 0.5) is 0 Å². The van der Waals surface area contributed by atoms with Crippen molar-refractivity contribution < 1.29 is 10.2 Å². The number of hydrogen-bond acceptors (Lipinski definition) is 2. The third-order valence-electron chi connectivity index (χ3n) is 7.58. The van der Waals surface area contributed by atoms with Crippen molar-refractivity contribution in [3.05, 3.63) is 34.8 Å². The molecule has 4 aliphatic carbocycles. The summed E-state index contributed by atoms with van der Waals surface area (Å²) in [6.45, 7) is 6.93. The lowest BCUT2D eigenvalue weighted by molar-refractivity contribution is -0.000372. The first-order valence-electron chi connectivity index (χ1n) is 8.88. The zero-order chi connectivity index (χ0) is 15.7. The molecule has 0 aromatic heterocycles. The Kier molecular flexibility index (Phi) is 2.90. The van der Waals surface area contributed by atoms with Gasteiger partial charge in [-0.2, -0.15) is 0 Å². The molecule has 0 saturated heterocycles. The first-order chi connectivity index (χ1) is 10.4. The van der Waals surface area contributed by atoms with E-state index in [2.05, 4.69) is 32.9 Å². The monoisotopic (exact) mass is 300 g/mol. The number of aliphatic hydroxyl groups excluding tert-OH is 2. The van der Waals surface area contributed by atoms with E-state index in [9.17, 15) is 10.2 Å². The summed E-state index contributed by atoms with van der Waals surface area (Å²) in [5.74, 6) is 2.17. The summed E-state index contributed by atoms with van der Waals surface area (Å²) in [7, 11) is 0. The number of allylic oxidation sites excluding steroid dienone is 4. The molecule has 0 aromatic carbocycles. The smallest absolute Gasteiger partial charge is 0.140 e. The molecule has 0 heterocycles. The lowest BCUT2D eigenvalue weighted by atomic mass is 9.48. The molecule has 4 aliphatic rings. The summed E-state index contributed by atoms with van der Waals surface area (Å²) in [6.07, 6.45) is 11.4. The maximum atomic E-state index is 10.7. The van der Waals surface area contributed by atoms with Crippen molar-refractivity contribution in [3.63, 3.8) is 0 Å². The molecule has 0 radical (unpaired) electrons. The van der Waals surface area contributed by atoms with Crippen LogP contribution in [-0.2, 0) is 0 Å². The quantitative estimate of drug-likeness (QED) is 0.625. The molecule has 0 aromatic rings. The van der Waals surface area contributed by atoms with Gasteiger partial charge in [-0.15, -0.1) is 0 Å². The summed E-state index contributed by atoms with van der Waals surface area (Å²) in [5, 5.41) is 20.9. The van der Waals surface area contributed by atoms with E-state index in [1.165, 1.54) is 36.8 Å². The highest BCUT2D eigenvalue weighted by molar-refractivity contribution is 5.45. The average Bonchev–Trinajstić information content (AvgIpc) is 2.87. The van der Waals surface area contributed by atoms with Crippen LogP contribution in [0.3, 0.4) is 0 Å². The van der Waals surface area contributed by atoms with Crippen LogP contribution < -0.4 is 0 Å². The van der Waals surface area contributed by atoms with E-state index < -0.39 is 0 Å². The van der Waals surface area contributed by atoms with Gasteiger partial charge in [-0.25, -0.2) is 0 Å². The van der Waals surface area contributed by atoms with Gasteiger partial charge < -0.3 is 10.2 Å². The fourth-order valence-corrected chi connectivity index (χ4v) is 6.30. The van der Waals surface area contributed by atoms with E-state index in [0.717, 1.165) is 12.3 Å². The SMILES string of the molecule is CC1=CC2=CCC(O)=C(O)[C@]2(C)[C@H]2CC[C@]3(C)CCC[C@H]3[C@H]12. The Morgan fingerprint density at radius 2 is 1.86 bits per heavy atom. The first kappa shape index (κ1) is 14.4. The Bertz CT molecular complexity index is 611. The largest absolute Gasteiger partial charge is 0.508 e. The van der Waals surface area contributed by atoms with Crippen molar-refractivity contribution in [2.45, 2.75) is 59.3 Å². The number of fused-ring (bicyclic) bond motifs is 5. The molecule has 120 valence electrons. The van der Waals surface area contributed by atoms with Crippen molar-refractivity contribution in [3.8, 4) is 0 Å². The Balaban J connectivity index is 1.85. The second-order valence-corrected chi connectivity index (χ2v) is 8.57. The van der Waals surface area contributed by atoms with Gasteiger partial charge in [-0.05, 0) is 68.3 Å². The Hall–Kier alpha value is -1.18. The molecular weight excluding hydrogens is 272 g/mol. The van der Waals surface area contributed by atoms with Gasteiger partial charge in [0.25, 0.3) is 0 Å².